The van der Waals surface area contributed by atoms with Crippen molar-refractivity contribution in [1.82, 2.24) is 24.4 Å². The lowest BCUT2D eigenvalue weighted by atomic mass is 10.1. The summed E-state index contributed by atoms with van der Waals surface area (Å²) in [7, 11) is 0. The molecule has 0 aliphatic heterocycles. The average molecular weight is 321 g/mol. The Morgan fingerprint density at radius 2 is 1.83 bits per heavy atom. The molecule has 0 aromatic carbocycles. The van der Waals surface area contributed by atoms with Crippen LogP contribution in [-0.2, 0) is 0 Å². The van der Waals surface area contributed by atoms with Gasteiger partial charge in [-0.2, -0.15) is 10.2 Å². The minimum atomic E-state index is 0.373. The SMILES string of the molecule is CC(C)c1cc2ccccn2n1.CC(C)n1ncc2cccnc21. The fourth-order valence-electron chi connectivity index (χ4n) is 2.50. The van der Waals surface area contributed by atoms with E-state index in [0.29, 0.717) is 12.0 Å². The van der Waals surface area contributed by atoms with Gasteiger partial charge in [0.2, 0.25) is 0 Å². The maximum absolute atomic E-state index is 4.43. The first-order valence-electron chi connectivity index (χ1n) is 8.29. The molecule has 0 bridgehead atoms. The minimum absolute atomic E-state index is 0.373. The normalized spacial score (nSPS) is 11.2. The first-order valence-corrected chi connectivity index (χ1v) is 8.29. The van der Waals surface area contributed by atoms with Gasteiger partial charge in [-0.3, -0.25) is 0 Å². The Hall–Kier alpha value is -2.69. The second-order valence-electron chi connectivity index (χ2n) is 6.39. The van der Waals surface area contributed by atoms with Gasteiger partial charge in [0.25, 0.3) is 0 Å². The van der Waals surface area contributed by atoms with Crippen LogP contribution >= 0.6 is 0 Å². The van der Waals surface area contributed by atoms with Crippen LogP contribution in [0.3, 0.4) is 0 Å². The molecule has 5 nitrogen and oxygen atoms in total. The highest BCUT2D eigenvalue weighted by atomic mass is 15.3. The van der Waals surface area contributed by atoms with Gasteiger partial charge in [-0.25, -0.2) is 14.2 Å². The van der Waals surface area contributed by atoms with Gasteiger partial charge in [0.15, 0.2) is 5.65 Å². The van der Waals surface area contributed by atoms with E-state index in [1.165, 1.54) is 5.52 Å². The zero-order valence-corrected chi connectivity index (χ0v) is 14.6. The van der Waals surface area contributed by atoms with Crippen LogP contribution in [0.1, 0.15) is 45.3 Å². The third kappa shape index (κ3) is 3.30. The average Bonchev–Trinajstić information content (AvgIpc) is 3.19. The van der Waals surface area contributed by atoms with E-state index in [1.807, 2.05) is 45.9 Å². The van der Waals surface area contributed by atoms with Crippen LogP contribution in [0.2, 0.25) is 0 Å². The van der Waals surface area contributed by atoms with Crippen molar-refractivity contribution in [3.63, 3.8) is 0 Å². The number of rotatable bonds is 2. The van der Waals surface area contributed by atoms with Crippen LogP contribution < -0.4 is 0 Å². The Morgan fingerprint density at radius 3 is 2.54 bits per heavy atom. The van der Waals surface area contributed by atoms with Gasteiger partial charge in [0, 0.05) is 23.8 Å². The fraction of sp³-hybridized carbons (Fsp3) is 0.316. The van der Waals surface area contributed by atoms with Crippen molar-refractivity contribution < 1.29 is 0 Å². The molecule has 0 radical (unpaired) electrons. The molecule has 0 aliphatic carbocycles. The van der Waals surface area contributed by atoms with Gasteiger partial charge in [0.05, 0.1) is 17.4 Å². The molecule has 0 atom stereocenters. The Kier molecular flexibility index (Phi) is 4.60. The van der Waals surface area contributed by atoms with Crippen LogP contribution in [0.4, 0.5) is 0 Å². The van der Waals surface area contributed by atoms with Gasteiger partial charge in [-0.05, 0) is 50.1 Å². The van der Waals surface area contributed by atoms with E-state index in [9.17, 15) is 0 Å². The second kappa shape index (κ2) is 6.83. The van der Waals surface area contributed by atoms with Crippen molar-refractivity contribution >= 4 is 16.6 Å². The lowest BCUT2D eigenvalue weighted by Gasteiger charge is -2.04. The summed E-state index contributed by atoms with van der Waals surface area (Å²) in [6, 6.07) is 12.5. The van der Waals surface area contributed by atoms with E-state index >= 15 is 0 Å². The van der Waals surface area contributed by atoms with E-state index in [0.717, 1.165) is 16.7 Å². The van der Waals surface area contributed by atoms with Crippen LogP contribution in [0.25, 0.3) is 16.6 Å². The van der Waals surface area contributed by atoms with Gasteiger partial charge < -0.3 is 0 Å². The van der Waals surface area contributed by atoms with Crippen molar-refractivity contribution in [3.05, 3.63) is 60.7 Å². The third-order valence-electron chi connectivity index (χ3n) is 3.82. The molecule has 0 fully saturated rings. The number of nitrogens with zero attached hydrogens (tertiary/aromatic N) is 5. The Bertz CT molecular complexity index is 892. The molecule has 5 heteroatoms. The first kappa shape index (κ1) is 16.2. The molecular formula is C19H23N5. The molecule has 24 heavy (non-hydrogen) atoms. The van der Waals surface area contributed by atoms with Crippen LogP contribution in [0.15, 0.2) is 55.0 Å². The van der Waals surface area contributed by atoms with Gasteiger partial charge in [-0.15, -0.1) is 0 Å². The summed E-state index contributed by atoms with van der Waals surface area (Å²) in [5, 5.41) is 9.78. The Morgan fingerprint density at radius 1 is 1.00 bits per heavy atom. The van der Waals surface area contributed by atoms with Crippen molar-refractivity contribution in [3.8, 4) is 0 Å². The molecule has 4 aromatic heterocycles. The predicted molar refractivity (Wildman–Crippen MR) is 97.2 cm³/mol. The molecule has 0 saturated carbocycles. The van der Waals surface area contributed by atoms with Crippen molar-refractivity contribution in [2.45, 2.75) is 39.7 Å². The highest BCUT2D eigenvalue weighted by Gasteiger charge is 2.05. The summed E-state index contributed by atoms with van der Waals surface area (Å²) in [4.78, 5) is 4.26. The summed E-state index contributed by atoms with van der Waals surface area (Å²) in [6.07, 6.45) is 5.62. The van der Waals surface area contributed by atoms with Crippen molar-refractivity contribution in [1.29, 1.82) is 0 Å². The summed E-state index contributed by atoms with van der Waals surface area (Å²) in [6.45, 7) is 8.51. The zero-order chi connectivity index (χ0) is 17.1. The second-order valence-corrected chi connectivity index (χ2v) is 6.39. The quantitative estimate of drug-likeness (QED) is 0.547. The lowest BCUT2D eigenvalue weighted by Crippen LogP contribution is -2.02. The molecule has 4 aromatic rings. The predicted octanol–water partition coefficient (Wildman–Crippen LogP) is 4.47. The maximum Gasteiger partial charge on any atom is 0.157 e. The number of pyridine rings is 2. The van der Waals surface area contributed by atoms with Gasteiger partial charge in [-0.1, -0.05) is 19.9 Å². The van der Waals surface area contributed by atoms with Crippen molar-refractivity contribution in [2.24, 2.45) is 0 Å². The van der Waals surface area contributed by atoms with E-state index < -0.39 is 0 Å². The molecule has 0 aliphatic rings. The smallest absolute Gasteiger partial charge is 0.157 e. The molecule has 0 unspecified atom stereocenters. The Balaban J connectivity index is 0.000000141. The molecule has 0 amide bonds. The van der Waals surface area contributed by atoms with E-state index in [-0.39, 0.29) is 0 Å². The molecule has 0 spiro atoms. The molecule has 124 valence electrons. The van der Waals surface area contributed by atoms with Crippen molar-refractivity contribution in [2.75, 3.05) is 0 Å². The highest BCUT2D eigenvalue weighted by Crippen LogP contribution is 2.15. The number of fused-ring (bicyclic) bond motifs is 2. The minimum Gasteiger partial charge on any atom is -0.245 e. The topological polar surface area (TPSA) is 48.0 Å². The Labute approximate surface area is 141 Å². The molecular weight excluding hydrogens is 298 g/mol. The summed E-state index contributed by atoms with van der Waals surface area (Å²) >= 11 is 0. The fourth-order valence-corrected chi connectivity index (χ4v) is 2.50. The van der Waals surface area contributed by atoms with Crippen LogP contribution in [0.5, 0.6) is 0 Å². The standard InChI is InChI=1S/C10H12N2.C9H11N3/c1-8(2)10-7-9-5-3-4-6-12(9)11-10;1-7(2)12-9-8(6-11-12)4-3-5-10-9/h3-8H,1-2H3;3-7H,1-2H3. The number of hydrogen-bond acceptors (Lipinski definition) is 3. The van der Waals surface area contributed by atoms with Gasteiger partial charge in [0.1, 0.15) is 0 Å². The summed E-state index contributed by atoms with van der Waals surface area (Å²) < 4.78 is 3.84. The van der Waals surface area contributed by atoms with E-state index in [2.05, 4.69) is 55.0 Å². The molecule has 0 N–H and O–H groups in total. The third-order valence-corrected chi connectivity index (χ3v) is 3.82. The summed E-state index contributed by atoms with van der Waals surface area (Å²) in [5.74, 6) is 0.505. The van der Waals surface area contributed by atoms with E-state index in [4.69, 9.17) is 0 Å². The van der Waals surface area contributed by atoms with E-state index in [1.54, 1.807) is 6.20 Å². The number of aromatic nitrogens is 5. The maximum atomic E-state index is 4.43. The largest absolute Gasteiger partial charge is 0.245 e. The molecule has 0 saturated heterocycles. The molecule has 4 rings (SSSR count). The highest BCUT2D eigenvalue weighted by molar-refractivity contribution is 5.73. The van der Waals surface area contributed by atoms with Crippen LogP contribution in [0, 0.1) is 0 Å². The lowest BCUT2D eigenvalue weighted by molar-refractivity contribution is 0.546. The monoisotopic (exact) mass is 321 g/mol. The van der Waals surface area contributed by atoms with Gasteiger partial charge >= 0.3 is 0 Å². The molecule has 4 heterocycles. The summed E-state index contributed by atoms with van der Waals surface area (Å²) in [5.41, 5.74) is 3.29. The first-order chi connectivity index (χ1) is 11.6. The number of hydrogen-bond donors (Lipinski definition) is 0. The van der Waals surface area contributed by atoms with Crippen LogP contribution in [-0.4, -0.2) is 24.4 Å². The zero-order valence-electron chi connectivity index (χ0n) is 14.6.